The first kappa shape index (κ1) is 19.8. The van der Waals surface area contributed by atoms with E-state index in [2.05, 4.69) is 10.4 Å². The van der Waals surface area contributed by atoms with Gasteiger partial charge in [-0.2, -0.15) is 5.10 Å². The number of aromatic nitrogens is 2. The second-order valence-electron chi connectivity index (χ2n) is 6.74. The number of carbonyl (C=O) groups excluding carboxylic acids is 1. The van der Waals surface area contributed by atoms with Gasteiger partial charge in [0, 0.05) is 22.3 Å². The summed E-state index contributed by atoms with van der Waals surface area (Å²) in [5, 5.41) is 7.86. The number of carbonyl (C=O) groups is 1. The van der Waals surface area contributed by atoms with Crippen LogP contribution in [-0.4, -0.2) is 15.7 Å². The van der Waals surface area contributed by atoms with Crippen LogP contribution in [0.1, 0.15) is 30.5 Å². The highest BCUT2D eigenvalue weighted by atomic mass is 35.5. The Balaban J connectivity index is 1.97. The molecule has 3 aromatic rings. The SMILES string of the molecule is CCC(C(=O)Nc1cccc(Cl)c1)n1nc(-c2cc(C)ccc2C)ccc1=O. The monoisotopic (exact) mass is 395 g/mol. The number of anilines is 1. The summed E-state index contributed by atoms with van der Waals surface area (Å²) in [4.78, 5) is 25.3. The van der Waals surface area contributed by atoms with E-state index < -0.39 is 6.04 Å². The minimum absolute atomic E-state index is 0.308. The molecule has 0 aliphatic carbocycles. The summed E-state index contributed by atoms with van der Waals surface area (Å²) in [6.45, 7) is 5.85. The Morgan fingerprint density at radius 1 is 1.14 bits per heavy atom. The van der Waals surface area contributed by atoms with Crippen molar-refractivity contribution in [3.63, 3.8) is 0 Å². The molecule has 3 rings (SSSR count). The zero-order chi connectivity index (χ0) is 20.3. The summed E-state index contributed by atoms with van der Waals surface area (Å²) < 4.78 is 1.26. The summed E-state index contributed by atoms with van der Waals surface area (Å²) in [5.41, 5.74) is 4.02. The highest BCUT2D eigenvalue weighted by Gasteiger charge is 2.22. The summed E-state index contributed by atoms with van der Waals surface area (Å²) in [6.07, 6.45) is 0.426. The van der Waals surface area contributed by atoms with Gasteiger partial charge in [-0.3, -0.25) is 9.59 Å². The van der Waals surface area contributed by atoms with Crippen LogP contribution in [0.2, 0.25) is 5.02 Å². The maximum absolute atomic E-state index is 12.8. The molecule has 144 valence electrons. The number of aryl methyl sites for hydroxylation is 2. The number of nitrogens with one attached hydrogen (secondary N) is 1. The van der Waals surface area contributed by atoms with Crippen LogP contribution in [0.4, 0.5) is 5.69 Å². The van der Waals surface area contributed by atoms with Gasteiger partial charge in [0.25, 0.3) is 5.56 Å². The number of nitrogens with zero attached hydrogens (tertiary/aromatic N) is 2. The Morgan fingerprint density at radius 2 is 1.93 bits per heavy atom. The molecule has 0 aliphatic heterocycles. The van der Waals surface area contributed by atoms with E-state index >= 15 is 0 Å². The topological polar surface area (TPSA) is 64.0 Å². The quantitative estimate of drug-likeness (QED) is 0.676. The van der Waals surface area contributed by atoms with E-state index in [1.807, 2.05) is 39.0 Å². The molecular weight excluding hydrogens is 374 g/mol. The van der Waals surface area contributed by atoms with Crippen molar-refractivity contribution >= 4 is 23.2 Å². The minimum Gasteiger partial charge on any atom is -0.324 e. The number of rotatable bonds is 5. The predicted octanol–water partition coefficient (Wildman–Crippen LogP) is 4.77. The van der Waals surface area contributed by atoms with Crippen LogP contribution in [0.5, 0.6) is 0 Å². The van der Waals surface area contributed by atoms with Gasteiger partial charge in [-0.05, 0) is 56.2 Å². The highest BCUT2D eigenvalue weighted by molar-refractivity contribution is 6.30. The van der Waals surface area contributed by atoms with Crippen LogP contribution in [0.3, 0.4) is 0 Å². The molecule has 1 heterocycles. The van der Waals surface area contributed by atoms with Gasteiger partial charge in [-0.1, -0.05) is 42.3 Å². The molecule has 0 saturated carbocycles. The van der Waals surface area contributed by atoms with Crippen molar-refractivity contribution in [1.82, 2.24) is 9.78 Å². The molecule has 0 saturated heterocycles. The number of amides is 1. The van der Waals surface area contributed by atoms with Crippen molar-refractivity contribution in [3.8, 4) is 11.3 Å². The maximum atomic E-state index is 12.8. The molecule has 6 heteroatoms. The third kappa shape index (κ3) is 4.31. The Hall–Kier alpha value is -2.92. The third-order valence-electron chi connectivity index (χ3n) is 4.57. The lowest BCUT2D eigenvalue weighted by Crippen LogP contribution is -2.34. The maximum Gasteiger partial charge on any atom is 0.267 e. The van der Waals surface area contributed by atoms with Crippen LogP contribution < -0.4 is 10.9 Å². The summed E-state index contributed by atoms with van der Waals surface area (Å²) in [5.74, 6) is -0.308. The van der Waals surface area contributed by atoms with Crippen molar-refractivity contribution < 1.29 is 4.79 Å². The van der Waals surface area contributed by atoms with Crippen LogP contribution >= 0.6 is 11.6 Å². The molecule has 1 aromatic heterocycles. The second-order valence-corrected chi connectivity index (χ2v) is 7.18. The average molecular weight is 396 g/mol. The van der Waals surface area contributed by atoms with Crippen molar-refractivity contribution in [1.29, 1.82) is 0 Å². The van der Waals surface area contributed by atoms with Crippen LogP contribution in [0, 0.1) is 13.8 Å². The summed E-state index contributed by atoms with van der Waals surface area (Å²) in [7, 11) is 0. The second kappa shape index (κ2) is 8.40. The number of halogens is 1. The van der Waals surface area contributed by atoms with Crippen LogP contribution in [0.25, 0.3) is 11.3 Å². The smallest absolute Gasteiger partial charge is 0.267 e. The highest BCUT2D eigenvalue weighted by Crippen LogP contribution is 2.23. The van der Waals surface area contributed by atoms with E-state index in [1.165, 1.54) is 10.7 Å². The van der Waals surface area contributed by atoms with E-state index in [-0.39, 0.29) is 11.5 Å². The molecule has 2 aromatic carbocycles. The lowest BCUT2D eigenvalue weighted by atomic mass is 10.0. The van der Waals surface area contributed by atoms with Crippen molar-refractivity contribution in [2.24, 2.45) is 0 Å². The number of benzene rings is 2. The van der Waals surface area contributed by atoms with Gasteiger partial charge in [0.2, 0.25) is 5.91 Å². The molecule has 28 heavy (non-hydrogen) atoms. The van der Waals surface area contributed by atoms with Gasteiger partial charge in [0.05, 0.1) is 5.69 Å². The fourth-order valence-electron chi connectivity index (χ4n) is 3.07. The largest absolute Gasteiger partial charge is 0.324 e. The summed E-state index contributed by atoms with van der Waals surface area (Å²) >= 11 is 5.98. The standard InChI is InChI=1S/C22H22ClN3O2/c1-4-20(22(28)24-17-7-5-6-16(23)13-17)26-21(27)11-10-19(25-26)18-12-14(2)8-9-15(18)3/h5-13,20H,4H2,1-3H3,(H,24,28). The molecule has 1 unspecified atom stereocenters. The first-order chi connectivity index (χ1) is 13.4. The molecule has 0 fully saturated rings. The Kier molecular flexibility index (Phi) is 5.95. The van der Waals surface area contributed by atoms with Crippen LogP contribution in [-0.2, 0) is 4.79 Å². The van der Waals surface area contributed by atoms with E-state index in [0.29, 0.717) is 22.8 Å². The van der Waals surface area contributed by atoms with Crippen molar-refractivity contribution in [3.05, 3.63) is 81.1 Å². The zero-order valence-electron chi connectivity index (χ0n) is 16.1. The first-order valence-electron chi connectivity index (χ1n) is 9.13. The van der Waals surface area contributed by atoms with E-state index in [1.54, 1.807) is 30.3 Å². The fraction of sp³-hybridized carbons (Fsp3) is 0.227. The lowest BCUT2D eigenvalue weighted by Gasteiger charge is -2.18. The van der Waals surface area contributed by atoms with Gasteiger partial charge in [-0.15, -0.1) is 0 Å². The van der Waals surface area contributed by atoms with Gasteiger partial charge >= 0.3 is 0 Å². The molecule has 1 amide bonds. The zero-order valence-corrected chi connectivity index (χ0v) is 16.8. The fourth-order valence-corrected chi connectivity index (χ4v) is 3.26. The van der Waals surface area contributed by atoms with Gasteiger partial charge in [0.1, 0.15) is 6.04 Å². The molecule has 0 bridgehead atoms. The predicted molar refractivity (Wildman–Crippen MR) is 113 cm³/mol. The average Bonchev–Trinajstić information content (AvgIpc) is 2.66. The van der Waals surface area contributed by atoms with E-state index in [0.717, 1.165) is 16.7 Å². The van der Waals surface area contributed by atoms with Gasteiger partial charge < -0.3 is 5.32 Å². The minimum atomic E-state index is -0.725. The first-order valence-corrected chi connectivity index (χ1v) is 9.50. The lowest BCUT2D eigenvalue weighted by molar-refractivity contribution is -0.119. The Morgan fingerprint density at radius 3 is 2.64 bits per heavy atom. The van der Waals surface area contributed by atoms with Crippen LogP contribution in [0.15, 0.2) is 59.4 Å². The molecule has 1 atom stereocenters. The molecule has 0 radical (unpaired) electrons. The van der Waals surface area contributed by atoms with Gasteiger partial charge in [-0.25, -0.2) is 4.68 Å². The van der Waals surface area contributed by atoms with Gasteiger partial charge in [0.15, 0.2) is 0 Å². The van der Waals surface area contributed by atoms with E-state index in [9.17, 15) is 9.59 Å². The Labute approximate surface area is 169 Å². The number of hydrogen-bond acceptors (Lipinski definition) is 3. The third-order valence-corrected chi connectivity index (χ3v) is 4.81. The molecule has 1 N–H and O–H groups in total. The molecule has 5 nitrogen and oxygen atoms in total. The Bertz CT molecular complexity index is 1080. The van der Waals surface area contributed by atoms with E-state index in [4.69, 9.17) is 11.6 Å². The molecule has 0 aliphatic rings. The molecule has 0 spiro atoms. The molecular formula is C22H22ClN3O2. The van der Waals surface area contributed by atoms with Crippen molar-refractivity contribution in [2.75, 3.05) is 5.32 Å². The number of hydrogen-bond donors (Lipinski definition) is 1. The summed E-state index contributed by atoms with van der Waals surface area (Å²) in [6, 6.07) is 15.4. The normalized spacial score (nSPS) is 11.9. The van der Waals surface area contributed by atoms with Crippen molar-refractivity contribution in [2.45, 2.75) is 33.2 Å².